The number of nitrogens with zero attached hydrogens (tertiary/aromatic N) is 3. The highest BCUT2D eigenvalue weighted by atomic mass is 16.5. The van der Waals surface area contributed by atoms with Crippen LogP contribution in [0.3, 0.4) is 0 Å². The number of aryl methyl sites for hydroxylation is 1. The Kier molecular flexibility index (Phi) is 4.09. The molecule has 3 aromatic heterocycles. The van der Waals surface area contributed by atoms with Crippen LogP contribution >= 0.6 is 0 Å². The van der Waals surface area contributed by atoms with Crippen molar-refractivity contribution in [3.63, 3.8) is 0 Å². The number of fused-ring (bicyclic) bond motifs is 3. The topological polar surface area (TPSA) is 73.0 Å². The average Bonchev–Trinajstić information content (AvgIpc) is 3.37. The van der Waals surface area contributed by atoms with Gasteiger partial charge in [0, 0.05) is 58.1 Å². The minimum Gasteiger partial charge on any atom is -0.355 e. The predicted molar refractivity (Wildman–Crippen MR) is 113 cm³/mol. The zero-order chi connectivity index (χ0) is 19.8. The van der Waals surface area contributed by atoms with E-state index in [0.29, 0.717) is 5.76 Å². The maximum Gasteiger partial charge on any atom is 0.277 e. The van der Waals surface area contributed by atoms with E-state index >= 15 is 0 Å². The van der Waals surface area contributed by atoms with E-state index in [1.807, 2.05) is 30.3 Å². The molecule has 0 spiro atoms. The Morgan fingerprint density at radius 1 is 1.00 bits per heavy atom. The Morgan fingerprint density at radius 3 is 2.62 bits per heavy atom. The fourth-order valence-electron chi connectivity index (χ4n) is 3.70. The molecule has 6 nitrogen and oxygen atoms in total. The lowest BCUT2D eigenvalue weighted by Crippen LogP contribution is -2.12. The molecule has 0 saturated heterocycles. The van der Waals surface area contributed by atoms with Crippen LogP contribution in [-0.4, -0.2) is 20.6 Å². The summed E-state index contributed by atoms with van der Waals surface area (Å²) in [6, 6.07) is 19.5. The van der Waals surface area contributed by atoms with E-state index < -0.39 is 0 Å². The maximum atomic E-state index is 12.7. The minimum absolute atomic E-state index is 0.230. The number of carbonyl (C=O) groups excluding carboxylic acids is 1. The van der Waals surface area contributed by atoms with Crippen molar-refractivity contribution in [1.29, 1.82) is 0 Å². The maximum absolute atomic E-state index is 12.7. The smallest absolute Gasteiger partial charge is 0.277 e. The number of amides is 1. The Hall–Kier alpha value is -3.93. The molecule has 29 heavy (non-hydrogen) atoms. The van der Waals surface area contributed by atoms with Gasteiger partial charge in [0.2, 0.25) is 0 Å². The van der Waals surface area contributed by atoms with Gasteiger partial charge in [0.1, 0.15) is 0 Å². The van der Waals surface area contributed by atoms with Gasteiger partial charge in [-0.25, -0.2) is 0 Å². The second kappa shape index (κ2) is 6.91. The normalized spacial score (nSPS) is 11.2. The standard InChI is InChI=1S/C23H18N4O2/c1-2-27-20-6-4-3-5-17(20)18-13-16(7-8-21(18)27)25-23(28)19-14-22(29-26-19)15-9-11-24-12-10-15/h3-14H,2H2,1H3,(H,25,28). The number of rotatable bonds is 4. The molecular formula is C23H18N4O2. The van der Waals surface area contributed by atoms with Gasteiger partial charge in [0.15, 0.2) is 11.5 Å². The number of hydrogen-bond acceptors (Lipinski definition) is 4. The van der Waals surface area contributed by atoms with Crippen LogP contribution in [0.15, 0.2) is 77.6 Å². The second-order valence-corrected chi connectivity index (χ2v) is 6.76. The third-order valence-electron chi connectivity index (χ3n) is 5.05. The van der Waals surface area contributed by atoms with E-state index in [2.05, 4.69) is 39.1 Å². The number of carbonyl (C=O) groups is 1. The first-order valence-electron chi connectivity index (χ1n) is 9.44. The third-order valence-corrected chi connectivity index (χ3v) is 5.05. The molecule has 0 aliphatic heterocycles. The molecule has 1 N–H and O–H groups in total. The number of anilines is 1. The summed E-state index contributed by atoms with van der Waals surface area (Å²) in [7, 11) is 0. The molecule has 0 saturated carbocycles. The van der Waals surface area contributed by atoms with Crippen molar-refractivity contribution >= 4 is 33.4 Å². The van der Waals surface area contributed by atoms with E-state index in [1.165, 1.54) is 10.9 Å². The molecule has 0 aliphatic carbocycles. The van der Waals surface area contributed by atoms with Gasteiger partial charge in [0.25, 0.3) is 5.91 Å². The van der Waals surface area contributed by atoms with Crippen molar-refractivity contribution in [2.24, 2.45) is 0 Å². The molecule has 5 rings (SSSR count). The first-order chi connectivity index (χ1) is 14.2. The fourth-order valence-corrected chi connectivity index (χ4v) is 3.70. The van der Waals surface area contributed by atoms with Crippen LogP contribution in [0.4, 0.5) is 5.69 Å². The molecule has 142 valence electrons. The Morgan fingerprint density at radius 2 is 1.79 bits per heavy atom. The van der Waals surface area contributed by atoms with Crippen LogP contribution in [0.1, 0.15) is 17.4 Å². The Bertz CT molecular complexity index is 1340. The van der Waals surface area contributed by atoms with E-state index in [9.17, 15) is 4.79 Å². The van der Waals surface area contributed by atoms with Crippen LogP contribution in [-0.2, 0) is 6.54 Å². The van der Waals surface area contributed by atoms with Crippen molar-refractivity contribution in [3.05, 3.63) is 78.8 Å². The summed E-state index contributed by atoms with van der Waals surface area (Å²) in [5.41, 5.74) is 4.10. The molecule has 0 aliphatic rings. The van der Waals surface area contributed by atoms with Crippen LogP contribution in [0.25, 0.3) is 33.1 Å². The first kappa shape index (κ1) is 17.2. The zero-order valence-electron chi connectivity index (χ0n) is 15.8. The summed E-state index contributed by atoms with van der Waals surface area (Å²) in [4.78, 5) is 16.6. The van der Waals surface area contributed by atoms with E-state index in [4.69, 9.17) is 4.52 Å². The Labute approximate surface area is 166 Å². The number of aromatic nitrogens is 3. The lowest BCUT2D eigenvalue weighted by atomic mass is 10.1. The first-order valence-corrected chi connectivity index (χ1v) is 9.44. The number of pyridine rings is 1. The number of nitrogens with one attached hydrogen (secondary N) is 1. The van der Waals surface area contributed by atoms with Crippen molar-refractivity contribution in [2.75, 3.05) is 5.32 Å². The molecule has 5 aromatic rings. The highest BCUT2D eigenvalue weighted by Gasteiger charge is 2.15. The fraction of sp³-hybridized carbons (Fsp3) is 0.0870. The lowest BCUT2D eigenvalue weighted by molar-refractivity contribution is 0.101. The lowest BCUT2D eigenvalue weighted by Gasteiger charge is -2.05. The van der Waals surface area contributed by atoms with Gasteiger partial charge in [-0.2, -0.15) is 0 Å². The van der Waals surface area contributed by atoms with Crippen LogP contribution in [0, 0.1) is 0 Å². The van der Waals surface area contributed by atoms with Crippen molar-refractivity contribution in [3.8, 4) is 11.3 Å². The average molecular weight is 382 g/mol. The van der Waals surface area contributed by atoms with Crippen LogP contribution in [0.2, 0.25) is 0 Å². The summed E-state index contributed by atoms with van der Waals surface area (Å²) in [5.74, 6) is 0.214. The molecule has 0 fully saturated rings. The van der Waals surface area contributed by atoms with E-state index in [1.54, 1.807) is 30.6 Å². The van der Waals surface area contributed by atoms with Gasteiger partial charge < -0.3 is 14.4 Å². The van der Waals surface area contributed by atoms with Gasteiger partial charge >= 0.3 is 0 Å². The van der Waals surface area contributed by atoms with Crippen LogP contribution in [0.5, 0.6) is 0 Å². The molecule has 1 amide bonds. The molecule has 0 unspecified atom stereocenters. The molecule has 0 bridgehead atoms. The van der Waals surface area contributed by atoms with Gasteiger partial charge in [-0.3, -0.25) is 9.78 Å². The summed E-state index contributed by atoms with van der Waals surface area (Å²) in [6.45, 7) is 3.01. The molecule has 6 heteroatoms. The van der Waals surface area contributed by atoms with Gasteiger partial charge in [-0.05, 0) is 43.3 Å². The zero-order valence-corrected chi connectivity index (χ0v) is 15.8. The van der Waals surface area contributed by atoms with E-state index in [-0.39, 0.29) is 11.6 Å². The largest absolute Gasteiger partial charge is 0.355 e. The van der Waals surface area contributed by atoms with Gasteiger partial charge in [-0.1, -0.05) is 23.4 Å². The predicted octanol–water partition coefficient (Wildman–Crippen LogP) is 5.12. The summed E-state index contributed by atoms with van der Waals surface area (Å²) in [6.07, 6.45) is 3.33. The van der Waals surface area contributed by atoms with E-state index in [0.717, 1.165) is 28.7 Å². The number of para-hydroxylation sites is 1. The third kappa shape index (κ3) is 2.95. The highest BCUT2D eigenvalue weighted by molar-refractivity contribution is 6.11. The number of benzene rings is 2. The molecule has 0 radical (unpaired) electrons. The molecule has 0 atom stereocenters. The van der Waals surface area contributed by atoms with Crippen molar-refractivity contribution < 1.29 is 9.32 Å². The second-order valence-electron chi connectivity index (χ2n) is 6.76. The SMILES string of the molecule is CCn1c2ccccc2c2cc(NC(=O)c3cc(-c4ccncc4)on3)ccc21. The molecule has 2 aromatic carbocycles. The number of hydrogen-bond donors (Lipinski definition) is 1. The highest BCUT2D eigenvalue weighted by Crippen LogP contribution is 2.31. The quantitative estimate of drug-likeness (QED) is 0.468. The molecule has 3 heterocycles. The molecular weight excluding hydrogens is 364 g/mol. The summed E-state index contributed by atoms with van der Waals surface area (Å²) < 4.78 is 7.59. The van der Waals surface area contributed by atoms with Gasteiger partial charge in [0.05, 0.1) is 0 Å². The summed E-state index contributed by atoms with van der Waals surface area (Å²) in [5, 5.41) is 9.11. The summed E-state index contributed by atoms with van der Waals surface area (Å²) >= 11 is 0. The minimum atomic E-state index is -0.312. The van der Waals surface area contributed by atoms with Crippen LogP contribution < -0.4 is 5.32 Å². The Balaban J connectivity index is 1.47. The van der Waals surface area contributed by atoms with Crippen molar-refractivity contribution in [1.82, 2.24) is 14.7 Å². The monoisotopic (exact) mass is 382 g/mol. The van der Waals surface area contributed by atoms with Gasteiger partial charge in [-0.15, -0.1) is 0 Å². The van der Waals surface area contributed by atoms with Crippen molar-refractivity contribution in [2.45, 2.75) is 13.5 Å².